The second-order valence-electron chi connectivity index (χ2n) is 6.05. The van der Waals surface area contributed by atoms with Crippen molar-refractivity contribution in [1.29, 1.82) is 0 Å². The van der Waals surface area contributed by atoms with Crippen LogP contribution in [0.1, 0.15) is 21.5 Å². The van der Waals surface area contributed by atoms with Gasteiger partial charge in [-0.15, -0.1) is 0 Å². The fraction of sp³-hybridized carbons (Fsp3) is 0.0909. The lowest BCUT2D eigenvalue weighted by atomic mass is 10.2. The second-order valence-corrected chi connectivity index (χ2v) is 6.05. The molecule has 0 bridgehead atoms. The summed E-state index contributed by atoms with van der Waals surface area (Å²) < 4.78 is 24.1. The van der Waals surface area contributed by atoms with E-state index in [2.05, 4.69) is 10.5 Å². The van der Waals surface area contributed by atoms with Gasteiger partial charge in [0.25, 0.3) is 0 Å². The Labute approximate surface area is 167 Å². The van der Waals surface area contributed by atoms with Crippen LogP contribution in [-0.4, -0.2) is 24.4 Å². The van der Waals surface area contributed by atoms with Crippen LogP contribution in [0.5, 0.6) is 11.5 Å². The first-order valence-electron chi connectivity index (χ1n) is 8.73. The van der Waals surface area contributed by atoms with Crippen molar-refractivity contribution in [2.24, 2.45) is 5.10 Å². The Morgan fingerprint density at radius 3 is 2.59 bits per heavy atom. The van der Waals surface area contributed by atoms with Crippen molar-refractivity contribution in [3.8, 4) is 11.5 Å². The molecule has 3 aromatic carbocycles. The van der Waals surface area contributed by atoms with Gasteiger partial charge in [-0.2, -0.15) is 5.10 Å². The lowest BCUT2D eigenvalue weighted by Crippen LogP contribution is -2.02. The second kappa shape index (κ2) is 9.36. The van der Waals surface area contributed by atoms with Crippen LogP contribution in [0.2, 0.25) is 0 Å². The van der Waals surface area contributed by atoms with E-state index in [-0.39, 0.29) is 18.0 Å². The normalized spacial score (nSPS) is 10.7. The number of carboxylic acid groups (broad SMARTS) is 1. The molecule has 0 fully saturated rings. The molecular weight excluding hydrogens is 375 g/mol. The summed E-state index contributed by atoms with van der Waals surface area (Å²) in [6.45, 7) is 0.275. The average molecular weight is 394 g/mol. The molecular formula is C22H19FN2O4. The summed E-state index contributed by atoms with van der Waals surface area (Å²) in [6.07, 6.45) is 1.55. The van der Waals surface area contributed by atoms with Gasteiger partial charge < -0.3 is 14.6 Å². The monoisotopic (exact) mass is 394 g/mol. The highest BCUT2D eigenvalue weighted by Gasteiger charge is 2.08. The summed E-state index contributed by atoms with van der Waals surface area (Å²) in [6, 6.07) is 17.8. The van der Waals surface area contributed by atoms with Gasteiger partial charge in [-0.3, -0.25) is 5.43 Å². The van der Waals surface area contributed by atoms with E-state index in [1.807, 2.05) is 0 Å². The number of nitrogens with zero attached hydrogens (tertiary/aromatic N) is 1. The highest BCUT2D eigenvalue weighted by atomic mass is 19.1. The smallest absolute Gasteiger partial charge is 0.337 e. The highest BCUT2D eigenvalue weighted by Crippen LogP contribution is 2.28. The molecule has 0 unspecified atom stereocenters. The summed E-state index contributed by atoms with van der Waals surface area (Å²) in [5, 5.41) is 13.3. The maximum Gasteiger partial charge on any atom is 0.337 e. The molecule has 0 atom stereocenters. The molecule has 3 aromatic rings. The van der Waals surface area contributed by atoms with E-state index < -0.39 is 5.97 Å². The number of hydrogen-bond donors (Lipinski definition) is 2. The molecule has 0 spiro atoms. The van der Waals surface area contributed by atoms with Gasteiger partial charge in [0.1, 0.15) is 12.4 Å². The number of ether oxygens (including phenoxy) is 2. The van der Waals surface area contributed by atoms with Crippen molar-refractivity contribution >= 4 is 17.9 Å². The van der Waals surface area contributed by atoms with Crippen molar-refractivity contribution in [2.45, 2.75) is 6.61 Å². The van der Waals surface area contributed by atoms with Crippen LogP contribution in [0.15, 0.2) is 71.8 Å². The van der Waals surface area contributed by atoms with Crippen molar-refractivity contribution in [1.82, 2.24) is 0 Å². The SMILES string of the molecule is COc1cc(/C=N/Nc2ccccc2C(=O)O)ccc1OCc1ccc(F)cc1. The predicted octanol–water partition coefficient (Wildman–Crippen LogP) is 4.56. The number of aromatic carboxylic acids is 1. The van der Waals surface area contributed by atoms with Crippen LogP contribution in [-0.2, 0) is 6.61 Å². The first-order valence-corrected chi connectivity index (χ1v) is 8.73. The molecule has 0 saturated heterocycles. The summed E-state index contributed by atoms with van der Waals surface area (Å²) in [4.78, 5) is 11.2. The average Bonchev–Trinajstić information content (AvgIpc) is 2.74. The molecule has 0 aromatic heterocycles. The van der Waals surface area contributed by atoms with Crippen LogP contribution in [0, 0.1) is 5.82 Å². The lowest BCUT2D eigenvalue weighted by Gasteiger charge is -2.11. The summed E-state index contributed by atoms with van der Waals surface area (Å²) in [5.74, 6) is -0.276. The fourth-order valence-corrected chi connectivity index (χ4v) is 2.57. The molecule has 7 heteroatoms. The van der Waals surface area contributed by atoms with E-state index in [1.165, 1.54) is 25.3 Å². The molecule has 3 rings (SSSR count). The van der Waals surface area contributed by atoms with E-state index in [4.69, 9.17) is 9.47 Å². The Bertz CT molecular complexity index is 1020. The number of carbonyl (C=O) groups is 1. The van der Waals surface area contributed by atoms with Crippen LogP contribution >= 0.6 is 0 Å². The van der Waals surface area contributed by atoms with Crippen molar-refractivity contribution in [3.63, 3.8) is 0 Å². The van der Waals surface area contributed by atoms with Crippen molar-refractivity contribution < 1.29 is 23.8 Å². The number of benzene rings is 3. The van der Waals surface area contributed by atoms with E-state index in [0.717, 1.165) is 11.1 Å². The largest absolute Gasteiger partial charge is 0.493 e. The van der Waals surface area contributed by atoms with Gasteiger partial charge >= 0.3 is 5.97 Å². The topological polar surface area (TPSA) is 80.2 Å². The summed E-state index contributed by atoms with van der Waals surface area (Å²) >= 11 is 0. The Morgan fingerprint density at radius 2 is 1.86 bits per heavy atom. The number of anilines is 1. The zero-order valence-electron chi connectivity index (χ0n) is 15.6. The third-order valence-electron chi connectivity index (χ3n) is 4.05. The Kier molecular flexibility index (Phi) is 6.42. The number of halogens is 1. The van der Waals surface area contributed by atoms with Gasteiger partial charge in [0.2, 0.25) is 0 Å². The Balaban J connectivity index is 1.67. The zero-order valence-corrected chi connectivity index (χ0v) is 15.6. The lowest BCUT2D eigenvalue weighted by molar-refractivity contribution is 0.0698. The zero-order chi connectivity index (χ0) is 20.6. The number of methoxy groups -OCH3 is 1. The maximum atomic E-state index is 13.0. The Morgan fingerprint density at radius 1 is 1.10 bits per heavy atom. The number of carboxylic acids is 1. The molecule has 29 heavy (non-hydrogen) atoms. The molecule has 0 saturated carbocycles. The molecule has 6 nitrogen and oxygen atoms in total. The Hall–Kier alpha value is -3.87. The minimum absolute atomic E-state index is 0.131. The summed E-state index contributed by atoms with van der Waals surface area (Å²) in [7, 11) is 1.53. The molecule has 0 aliphatic rings. The number of para-hydroxylation sites is 1. The standard InChI is InChI=1S/C22H19FN2O4/c1-28-21-12-16(13-24-25-19-5-3-2-4-18(19)22(26)27)8-11-20(21)29-14-15-6-9-17(23)10-7-15/h2-13,25H,14H2,1H3,(H,26,27)/b24-13+. The molecule has 0 aliphatic heterocycles. The van der Waals surface area contributed by atoms with Gasteiger partial charge in [0, 0.05) is 0 Å². The van der Waals surface area contributed by atoms with E-state index in [9.17, 15) is 14.3 Å². The highest BCUT2D eigenvalue weighted by molar-refractivity contribution is 5.94. The van der Waals surface area contributed by atoms with Crippen LogP contribution in [0.25, 0.3) is 0 Å². The summed E-state index contributed by atoms with van der Waals surface area (Å²) in [5.41, 5.74) is 4.82. The van der Waals surface area contributed by atoms with Gasteiger partial charge in [-0.25, -0.2) is 9.18 Å². The van der Waals surface area contributed by atoms with Crippen LogP contribution in [0.4, 0.5) is 10.1 Å². The number of rotatable bonds is 8. The third-order valence-corrected chi connectivity index (χ3v) is 4.05. The maximum absolute atomic E-state index is 13.0. The minimum Gasteiger partial charge on any atom is -0.493 e. The molecule has 0 heterocycles. The molecule has 148 valence electrons. The van der Waals surface area contributed by atoms with Gasteiger partial charge in [-0.05, 0) is 53.6 Å². The quantitative estimate of drug-likeness (QED) is 0.433. The number of hydrogen-bond acceptors (Lipinski definition) is 5. The van der Waals surface area contributed by atoms with Crippen LogP contribution in [0.3, 0.4) is 0 Å². The molecule has 2 N–H and O–H groups in total. The fourth-order valence-electron chi connectivity index (χ4n) is 2.57. The first kappa shape index (κ1) is 19.9. The van der Waals surface area contributed by atoms with Gasteiger partial charge in [-0.1, -0.05) is 24.3 Å². The number of nitrogens with one attached hydrogen (secondary N) is 1. The molecule has 0 amide bonds. The van der Waals surface area contributed by atoms with E-state index in [0.29, 0.717) is 17.2 Å². The molecule has 0 radical (unpaired) electrons. The van der Waals surface area contributed by atoms with Crippen molar-refractivity contribution in [3.05, 3.63) is 89.2 Å². The number of hydrazone groups is 1. The third kappa shape index (κ3) is 5.32. The van der Waals surface area contributed by atoms with Crippen molar-refractivity contribution in [2.75, 3.05) is 12.5 Å². The molecule has 0 aliphatic carbocycles. The van der Waals surface area contributed by atoms with Gasteiger partial charge in [0.15, 0.2) is 11.5 Å². The first-order chi connectivity index (χ1) is 14.1. The van der Waals surface area contributed by atoms with Crippen LogP contribution < -0.4 is 14.9 Å². The van der Waals surface area contributed by atoms with E-state index in [1.54, 1.807) is 54.7 Å². The van der Waals surface area contributed by atoms with E-state index >= 15 is 0 Å². The minimum atomic E-state index is -1.03. The van der Waals surface area contributed by atoms with Gasteiger partial charge in [0.05, 0.1) is 24.6 Å². The predicted molar refractivity (Wildman–Crippen MR) is 108 cm³/mol.